The molecule has 0 aromatic heterocycles. The van der Waals surface area contributed by atoms with Gasteiger partial charge in [0.25, 0.3) is 0 Å². The minimum atomic E-state index is 0.190. The van der Waals surface area contributed by atoms with Gasteiger partial charge in [-0.15, -0.1) is 0 Å². The van der Waals surface area contributed by atoms with E-state index in [1.165, 1.54) is 22.3 Å². The van der Waals surface area contributed by atoms with Crippen LogP contribution < -0.4 is 10.1 Å². The molecule has 2 aromatic carbocycles. The highest BCUT2D eigenvalue weighted by atomic mass is 16.5. The second-order valence-corrected chi connectivity index (χ2v) is 4.86. The second kappa shape index (κ2) is 5.89. The van der Waals surface area contributed by atoms with E-state index in [0.717, 1.165) is 5.75 Å². The first-order chi connectivity index (χ1) is 9.15. The van der Waals surface area contributed by atoms with Gasteiger partial charge in [-0.3, -0.25) is 0 Å². The summed E-state index contributed by atoms with van der Waals surface area (Å²) in [4.78, 5) is 0. The van der Waals surface area contributed by atoms with Crippen LogP contribution in [-0.4, -0.2) is 14.2 Å². The molecule has 0 radical (unpaired) electrons. The van der Waals surface area contributed by atoms with Crippen molar-refractivity contribution in [1.82, 2.24) is 5.32 Å². The Morgan fingerprint density at radius 1 is 1.05 bits per heavy atom. The largest absolute Gasteiger partial charge is 0.497 e. The molecular weight excluding hydrogens is 234 g/mol. The van der Waals surface area contributed by atoms with Crippen LogP contribution in [0.2, 0.25) is 0 Å². The second-order valence-electron chi connectivity index (χ2n) is 4.86. The van der Waals surface area contributed by atoms with Gasteiger partial charge in [-0.1, -0.05) is 35.9 Å². The molecule has 0 spiro atoms. The van der Waals surface area contributed by atoms with E-state index in [-0.39, 0.29) is 6.04 Å². The number of aryl methyl sites for hydroxylation is 2. The van der Waals surface area contributed by atoms with Crippen LogP contribution >= 0.6 is 0 Å². The highest BCUT2D eigenvalue weighted by molar-refractivity contribution is 5.41. The maximum absolute atomic E-state index is 5.31. The summed E-state index contributed by atoms with van der Waals surface area (Å²) >= 11 is 0. The number of methoxy groups -OCH3 is 1. The molecule has 1 atom stereocenters. The maximum Gasteiger partial charge on any atom is 0.119 e. The average Bonchev–Trinajstić information content (AvgIpc) is 2.42. The van der Waals surface area contributed by atoms with Crippen LogP contribution in [-0.2, 0) is 0 Å². The van der Waals surface area contributed by atoms with E-state index in [9.17, 15) is 0 Å². The Hall–Kier alpha value is -1.80. The Morgan fingerprint density at radius 2 is 1.84 bits per heavy atom. The van der Waals surface area contributed by atoms with E-state index in [2.05, 4.69) is 49.5 Å². The first-order valence-corrected chi connectivity index (χ1v) is 6.54. The normalized spacial score (nSPS) is 12.2. The van der Waals surface area contributed by atoms with Gasteiger partial charge in [-0.2, -0.15) is 0 Å². The average molecular weight is 255 g/mol. The summed E-state index contributed by atoms with van der Waals surface area (Å²) in [6.45, 7) is 4.28. The first kappa shape index (κ1) is 13.6. The SMILES string of the molecule is CNC(c1cccc(OC)c1)c1ccc(C)cc1C. The van der Waals surface area contributed by atoms with Crippen molar-refractivity contribution in [3.8, 4) is 5.75 Å². The third kappa shape index (κ3) is 2.96. The molecule has 100 valence electrons. The molecule has 2 heteroatoms. The van der Waals surface area contributed by atoms with Crippen molar-refractivity contribution in [2.24, 2.45) is 0 Å². The van der Waals surface area contributed by atoms with E-state index in [0.29, 0.717) is 0 Å². The fourth-order valence-electron chi connectivity index (χ4n) is 2.47. The molecular formula is C17H21NO. The smallest absolute Gasteiger partial charge is 0.119 e. The van der Waals surface area contributed by atoms with Crippen molar-refractivity contribution in [3.63, 3.8) is 0 Å². The van der Waals surface area contributed by atoms with Gasteiger partial charge in [0.05, 0.1) is 13.2 Å². The Bertz CT molecular complexity index is 563. The molecule has 1 N–H and O–H groups in total. The van der Waals surface area contributed by atoms with E-state index in [1.807, 2.05) is 19.2 Å². The monoisotopic (exact) mass is 255 g/mol. The summed E-state index contributed by atoms with van der Waals surface area (Å²) in [6, 6.07) is 15.0. The molecule has 2 aromatic rings. The third-order valence-electron chi connectivity index (χ3n) is 3.45. The lowest BCUT2D eigenvalue weighted by Crippen LogP contribution is -2.18. The lowest BCUT2D eigenvalue weighted by Gasteiger charge is -2.20. The number of hydrogen-bond acceptors (Lipinski definition) is 2. The van der Waals surface area contributed by atoms with Gasteiger partial charge in [0.15, 0.2) is 0 Å². The quantitative estimate of drug-likeness (QED) is 0.901. The first-order valence-electron chi connectivity index (χ1n) is 6.54. The summed E-state index contributed by atoms with van der Waals surface area (Å²) in [5.74, 6) is 0.891. The van der Waals surface area contributed by atoms with Crippen molar-refractivity contribution >= 4 is 0 Å². The lowest BCUT2D eigenvalue weighted by molar-refractivity contribution is 0.414. The van der Waals surface area contributed by atoms with Gasteiger partial charge >= 0.3 is 0 Å². The Kier molecular flexibility index (Phi) is 4.23. The molecule has 0 aliphatic rings. The lowest BCUT2D eigenvalue weighted by atomic mass is 9.94. The summed E-state index contributed by atoms with van der Waals surface area (Å²) in [5, 5.41) is 3.39. The van der Waals surface area contributed by atoms with Crippen molar-refractivity contribution in [1.29, 1.82) is 0 Å². The highest BCUT2D eigenvalue weighted by Crippen LogP contribution is 2.27. The Balaban J connectivity index is 2.43. The van der Waals surface area contributed by atoms with E-state index in [1.54, 1.807) is 7.11 Å². The number of ether oxygens (including phenoxy) is 1. The Morgan fingerprint density at radius 3 is 2.47 bits per heavy atom. The molecule has 0 amide bonds. The summed E-state index contributed by atoms with van der Waals surface area (Å²) in [7, 11) is 3.69. The molecule has 0 heterocycles. The molecule has 0 saturated carbocycles. The van der Waals surface area contributed by atoms with Crippen LogP contribution in [0.25, 0.3) is 0 Å². The Labute approximate surface area is 115 Å². The van der Waals surface area contributed by atoms with Gasteiger partial charge in [-0.25, -0.2) is 0 Å². The summed E-state index contributed by atoms with van der Waals surface area (Å²) in [5.41, 5.74) is 5.12. The van der Waals surface area contributed by atoms with Crippen LogP contribution in [0.15, 0.2) is 42.5 Å². The predicted molar refractivity (Wildman–Crippen MR) is 79.8 cm³/mol. The van der Waals surface area contributed by atoms with Crippen molar-refractivity contribution in [3.05, 3.63) is 64.7 Å². The number of rotatable bonds is 4. The van der Waals surface area contributed by atoms with Crippen molar-refractivity contribution < 1.29 is 4.74 Å². The maximum atomic E-state index is 5.31. The summed E-state index contributed by atoms with van der Waals surface area (Å²) in [6.07, 6.45) is 0. The topological polar surface area (TPSA) is 21.3 Å². The molecule has 2 rings (SSSR count). The van der Waals surface area contributed by atoms with Gasteiger partial charge in [-0.05, 0) is 49.7 Å². The van der Waals surface area contributed by atoms with Crippen molar-refractivity contribution in [2.75, 3.05) is 14.2 Å². The van der Waals surface area contributed by atoms with Crippen LogP contribution in [0.3, 0.4) is 0 Å². The minimum Gasteiger partial charge on any atom is -0.497 e. The number of benzene rings is 2. The highest BCUT2D eigenvalue weighted by Gasteiger charge is 2.14. The third-order valence-corrected chi connectivity index (χ3v) is 3.45. The molecule has 0 fully saturated rings. The van der Waals surface area contributed by atoms with Gasteiger partial charge in [0.1, 0.15) is 5.75 Å². The molecule has 0 saturated heterocycles. The van der Waals surface area contributed by atoms with Crippen LogP contribution in [0.1, 0.15) is 28.3 Å². The minimum absolute atomic E-state index is 0.190. The molecule has 2 nitrogen and oxygen atoms in total. The number of nitrogens with one attached hydrogen (secondary N) is 1. The zero-order valence-electron chi connectivity index (χ0n) is 12.0. The van der Waals surface area contributed by atoms with Crippen LogP contribution in [0, 0.1) is 13.8 Å². The van der Waals surface area contributed by atoms with Gasteiger partial charge in [0, 0.05) is 0 Å². The zero-order chi connectivity index (χ0) is 13.8. The van der Waals surface area contributed by atoms with E-state index >= 15 is 0 Å². The van der Waals surface area contributed by atoms with Gasteiger partial charge < -0.3 is 10.1 Å². The zero-order valence-corrected chi connectivity index (χ0v) is 12.0. The van der Waals surface area contributed by atoms with Gasteiger partial charge in [0.2, 0.25) is 0 Å². The number of hydrogen-bond donors (Lipinski definition) is 1. The van der Waals surface area contributed by atoms with E-state index < -0.39 is 0 Å². The molecule has 0 aliphatic carbocycles. The molecule has 0 bridgehead atoms. The molecule has 19 heavy (non-hydrogen) atoms. The standard InChI is InChI=1S/C17H21NO/c1-12-8-9-16(13(2)10-12)17(18-3)14-6-5-7-15(11-14)19-4/h5-11,17-18H,1-4H3. The van der Waals surface area contributed by atoms with E-state index in [4.69, 9.17) is 4.74 Å². The molecule has 1 unspecified atom stereocenters. The van der Waals surface area contributed by atoms with Crippen LogP contribution in [0.5, 0.6) is 5.75 Å². The predicted octanol–water partition coefficient (Wildman–Crippen LogP) is 3.62. The van der Waals surface area contributed by atoms with Crippen molar-refractivity contribution in [2.45, 2.75) is 19.9 Å². The molecule has 0 aliphatic heterocycles. The summed E-state index contributed by atoms with van der Waals surface area (Å²) < 4.78 is 5.31. The fraction of sp³-hybridized carbons (Fsp3) is 0.294. The fourth-order valence-corrected chi connectivity index (χ4v) is 2.47. The van der Waals surface area contributed by atoms with Crippen LogP contribution in [0.4, 0.5) is 0 Å².